The molecule has 7 aromatic carbocycles. The van der Waals surface area contributed by atoms with Crippen molar-refractivity contribution < 1.29 is 0 Å². The van der Waals surface area contributed by atoms with Crippen LogP contribution in [0.1, 0.15) is 25.0 Å². The third kappa shape index (κ3) is 4.32. The molecule has 0 atom stereocenters. The van der Waals surface area contributed by atoms with Crippen LogP contribution >= 0.6 is 0 Å². The fourth-order valence-corrected chi connectivity index (χ4v) is 6.94. The van der Waals surface area contributed by atoms with E-state index in [1.165, 1.54) is 66.7 Å². The molecule has 7 aromatic rings. The van der Waals surface area contributed by atoms with Crippen molar-refractivity contribution >= 4 is 27.8 Å². The molecule has 0 aliphatic heterocycles. The van der Waals surface area contributed by atoms with E-state index in [2.05, 4.69) is 183 Å². The first kappa shape index (κ1) is 26.2. The number of nitrogens with zero attached hydrogens (tertiary/aromatic N) is 1. The minimum atomic E-state index is -0.137. The molecule has 1 aliphatic rings. The van der Waals surface area contributed by atoms with E-state index in [9.17, 15) is 0 Å². The quantitative estimate of drug-likeness (QED) is 0.201. The highest BCUT2D eigenvalue weighted by atomic mass is 15.1. The maximum atomic E-state index is 2.42. The molecule has 1 aliphatic carbocycles. The summed E-state index contributed by atoms with van der Waals surface area (Å²) in [5, 5.41) is 2.48. The summed E-state index contributed by atoms with van der Waals surface area (Å²) in [5.41, 5.74) is 13.8. The van der Waals surface area contributed by atoms with Gasteiger partial charge >= 0.3 is 0 Å². The van der Waals surface area contributed by atoms with E-state index < -0.39 is 0 Å². The van der Waals surface area contributed by atoms with Crippen LogP contribution in [0.4, 0.5) is 17.1 Å². The second kappa shape index (κ2) is 10.4. The fraction of sp³-hybridized carbons (Fsp3) is 0.0698. The van der Waals surface area contributed by atoms with Crippen LogP contribution in [-0.2, 0) is 5.41 Å². The zero-order valence-corrected chi connectivity index (χ0v) is 25.0. The van der Waals surface area contributed by atoms with Crippen LogP contribution in [0.25, 0.3) is 44.2 Å². The van der Waals surface area contributed by atoms with E-state index in [1.807, 2.05) is 0 Å². The third-order valence-electron chi connectivity index (χ3n) is 9.27. The topological polar surface area (TPSA) is 3.24 Å². The third-order valence-corrected chi connectivity index (χ3v) is 9.27. The second-order valence-electron chi connectivity index (χ2n) is 12.2. The number of hydrogen-bond acceptors (Lipinski definition) is 1. The van der Waals surface area contributed by atoms with E-state index >= 15 is 0 Å². The van der Waals surface area contributed by atoms with Gasteiger partial charge in [-0.15, -0.1) is 0 Å². The summed E-state index contributed by atoms with van der Waals surface area (Å²) >= 11 is 0. The summed E-state index contributed by atoms with van der Waals surface area (Å²) in [5.74, 6) is 0. The number of para-hydroxylation sites is 1. The zero-order chi connectivity index (χ0) is 29.7. The molecule has 0 saturated carbocycles. The van der Waals surface area contributed by atoms with Gasteiger partial charge < -0.3 is 4.90 Å². The van der Waals surface area contributed by atoms with Crippen LogP contribution in [0.15, 0.2) is 164 Å². The molecule has 0 spiro atoms. The maximum absolute atomic E-state index is 2.42. The summed E-state index contributed by atoms with van der Waals surface area (Å²) in [7, 11) is 0. The van der Waals surface area contributed by atoms with Gasteiger partial charge in [0, 0.05) is 22.2 Å². The highest BCUT2D eigenvalue weighted by Crippen LogP contribution is 2.52. The first-order valence-corrected chi connectivity index (χ1v) is 15.4. The van der Waals surface area contributed by atoms with Gasteiger partial charge in [-0.2, -0.15) is 0 Å². The van der Waals surface area contributed by atoms with Crippen LogP contribution in [0.3, 0.4) is 0 Å². The Kier molecular flexibility index (Phi) is 6.20. The standard InChI is InChI=1S/C43H33N/c1-43(2)40-28-34(32-22-20-31(21-23-32)30-12-5-3-6-13-30)24-26-38(40)39-27-25-36(29-41(39)43)44(35-16-7-4-8-17-35)42-19-11-15-33-14-9-10-18-37(33)42/h3-29H,1-2H3. The molecular weight excluding hydrogens is 530 g/mol. The van der Waals surface area contributed by atoms with Crippen molar-refractivity contribution in [1.29, 1.82) is 0 Å². The van der Waals surface area contributed by atoms with E-state index in [0.29, 0.717) is 0 Å². The molecular formula is C43H33N. The largest absolute Gasteiger partial charge is 0.310 e. The summed E-state index contributed by atoms with van der Waals surface area (Å²) in [6.45, 7) is 4.74. The van der Waals surface area contributed by atoms with E-state index in [-0.39, 0.29) is 5.41 Å². The van der Waals surface area contributed by atoms with Crippen molar-refractivity contribution in [3.05, 3.63) is 175 Å². The lowest BCUT2D eigenvalue weighted by Crippen LogP contribution is -2.16. The maximum Gasteiger partial charge on any atom is 0.0540 e. The van der Waals surface area contributed by atoms with Crippen molar-refractivity contribution in [2.75, 3.05) is 4.90 Å². The number of rotatable bonds is 5. The number of fused-ring (bicyclic) bond motifs is 4. The average Bonchev–Trinajstić information content (AvgIpc) is 3.31. The molecule has 0 aromatic heterocycles. The predicted octanol–water partition coefficient (Wildman–Crippen LogP) is 11.9. The molecule has 0 radical (unpaired) electrons. The van der Waals surface area contributed by atoms with Crippen LogP contribution in [0.2, 0.25) is 0 Å². The Balaban J connectivity index is 1.21. The Labute approximate surface area is 259 Å². The Morgan fingerprint density at radius 2 is 0.955 bits per heavy atom. The summed E-state index contributed by atoms with van der Waals surface area (Å²) in [6, 6.07) is 59.5. The minimum Gasteiger partial charge on any atom is -0.310 e. The number of anilines is 3. The average molecular weight is 564 g/mol. The summed E-state index contributed by atoms with van der Waals surface area (Å²) in [4.78, 5) is 2.40. The van der Waals surface area contributed by atoms with Crippen LogP contribution < -0.4 is 4.90 Å². The molecule has 44 heavy (non-hydrogen) atoms. The van der Waals surface area contributed by atoms with Gasteiger partial charge in [-0.1, -0.05) is 141 Å². The van der Waals surface area contributed by atoms with E-state index in [0.717, 1.165) is 5.69 Å². The molecule has 1 heteroatoms. The lowest BCUT2D eigenvalue weighted by molar-refractivity contribution is 0.660. The first-order valence-electron chi connectivity index (χ1n) is 15.4. The van der Waals surface area contributed by atoms with Crippen molar-refractivity contribution in [2.24, 2.45) is 0 Å². The van der Waals surface area contributed by atoms with E-state index in [4.69, 9.17) is 0 Å². The monoisotopic (exact) mass is 563 g/mol. The van der Waals surface area contributed by atoms with Gasteiger partial charge in [-0.3, -0.25) is 0 Å². The molecule has 0 saturated heterocycles. The first-order chi connectivity index (χ1) is 21.6. The molecule has 0 heterocycles. The Bertz CT molecular complexity index is 2120. The molecule has 0 N–H and O–H groups in total. The molecule has 0 bridgehead atoms. The van der Waals surface area contributed by atoms with Crippen molar-refractivity contribution in [2.45, 2.75) is 19.3 Å². The van der Waals surface area contributed by atoms with Gasteiger partial charge in [0.15, 0.2) is 0 Å². The Morgan fingerprint density at radius 1 is 0.409 bits per heavy atom. The van der Waals surface area contributed by atoms with Gasteiger partial charge in [0.2, 0.25) is 0 Å². The number of benzene rings is 7. The molecule has 0 fully saturated rings. The number of hydrogen-bond donors (Lipinski definition) is 0. The lowest BCUT2D eigenvalue weighted by atomic mass is 9.81. The zero-order valence-electron chi connectivity index (χ0n) is 25.0. The molecule has 0 amide bonds. The Morgan fingerprint density at radius 3 is 1.70 bits per heavy atom. The van der Waals surface area contributed by atoms with Crippen LogP contribution in [0, 0.1) is 0 Å². The Hall–Kier alpha value is -5.40. The molecule has 210 valence electrons. The predicted molar refractivity (Wildman–Crippen MR) is 187 cm³/mol. The minimum absolute atomic E-state index is 0.137. The van der Waals surface area contributed by atoms with Gasteiger partial charge in [-0.25, -0.2) is 0 Å². The highest BCUT2D eigenvalue weighted by Gasteiger charge is 2.36. The van der Waals surface area contributed by atoms with Gasteiger partial charge in [0.1, 0.15) is 0 Å². The summed E-state index contributed by atoms with van der Waals surface area (Å²) in [6.07, 6.45) is 0. The second-order valence-corrected chi connectivity index (χ2v) is 12.2. The smallest absolute Gasteiger partial charge is 0.0540 e. The normalized spacial score (nSPS) is 13.0. The summed E-state index contributed by atoms with van der Waals surface area (Å²) < 4.78 is 0. The van der Waals surface area contributed by atoms with Gasteiger partial charge in [0.25, 0.3) is 0 Å². The van der Waals surface area contributed by atoms with Crippen molar-refractivity contribution in [1.82, 2.24) is 0 Å². The van der Waals surface area contributed by atoms with Gasteiger partial charge in [-0.05, 0) is 86.3 Å². The van der Waals surface area contributed by atoms with Crippen LogP contribution in [0.5, 0.6) is 0 Å². The van der Waals surface area contributed by atoms with Crippen molar-refractivity contribution in [3.8, 4) is 33.4 Å². The van der Waals surface area contributed by atoms with Crippen molar-refractivity contribution in [3.63, 3.8) is 0 Å². The van der Waals surface area contributed by atoms with Gasteiger partial charge in [0.05, 0.1) is 5.69 Å². The van der Waals surface area contributed by atoms with E-state index in [1.54, 1.807) is 0 Å². The fourth-order valence-electron chi connectivity index (χ4n) is 6.94. The lowest BCUT2D eigenvalue weighted by Gasteiger charge is -2.29. The SMILES string of the molecule is CC1(C)c2cc(-c3ccc(-c4ccccc4)cc3)ccc2-c2ccc(N(c3ccccc3)c3cccc4ccccc34)cc21. The molecule has 0 unspecified atom stereocenters. The van der Waals surface area contributed by atoms with Crippen LogP contribution in [-0.4, -0.2) is 0 Å². The highest BCUT2D eigenvalue weighted by molar-refractivity contribution is 5.99. The molecule has 8 rings (SSSR count). The molecule has 1 nitrogen and oxygen atoms in total.